The van der Waals surface area contributed by atoms with E-state index in [0.717, 1.165) is 12.1 Å². The molecule has 0 aliphatic carbocycles. The highest BCUT2D eigenvalue weighted by Crippen LogP contribution is 2.29. The lowest BCUT2D eigenvalue weighted by molar-refractivity contribution is -0.137. The maximum absolute atomic E-state index is 12.6. The molecule has 0 saturated carbocycles. The molecule has 23 heavy (non-hydrogen) atoms. The number of H-pyrrole nitrogens is 1. The number of aromatic nitrogens is 3. The van der Waals surface area contributed by atoms with Crippen LogP contribution in [0.2, 0.25) is 0 Å². The fraction of sp³-hybridized carbons (Fsp3) is 0.133. The molecule has 8 heteroatoms. The normalized spacial score (nSPS) is 11.6. The quantitative estimate of drug-likeness (QED) is 0.779. The maximum Gasteiger partial charge on any atom is 0.416 e. The SMILES string of the molecule is O=C(NCc1cccc(C(F)(F)F)c1)c1ccc2n[nH]nc2c1. The van der Waals surface area contributed by atoms with Crippen molar-refractivity contribution in [3.63, 3.8) is 0 Å². The second-order valence-electron chi connectivity index (χ2n) is 4.91. The first kappa shape index (κ1) is 15.0. The Bertz CT molecular complexity index is 857. The summed E-state index contributed by atoms with van der Waals surface area (Å²) in [6.45, 7) is -0.000391. The van der Waals surface area contributed by atoms with Crippen LogP contribution in [0.25, 0.3) is 11.0 Å². The van der Waals surface area contributed by atoms with Crippen LogP contribution < -0.4 is 5.32 Å². The van der Waals surface area contributed by atoms with Gasteiger partial charge in [-0.1, -0.05) is 12.1 Å². The molecule has 1 aromatic heterocycles. The van der Waals surface area contributed by atoms with Crippen LogP contribution in [0.3, 0.4) is 0 Å². The lowest BCUT2D eigenvalue weighted by atomic mass is 10.1. The predicted molar refractivity (Wildman–Crippen MR) is 76.5 cm³/mol. The van der Waals surface area contributed by atoms with Gasteiger partial charge in [0.2, 0.25) is 0 Å². The van der Waals surface area contributed by atoms with Gasteiger partial charge in [0.25, 0.3) is 5.91 Å². The Labute approximate surface area is 128 Å². The van der Waals surface area contributed by atoms with Crippen LogP contribution in [0, 0.1) is 0 Å². The smallest absolute Gasteiger partial charge is 0.348 e. The number of hydrogen-bond donors (Lipinski definition) is 2. The second-order valence-corrected chi connectivity index (χ2v) is 4.91. The van der Waals surface area contributed by atoms with Gasteiger partial charge in [0.15, 0.2) is 0 Å². The molecular formula is C15H11F3N4O. The van der Waals surface area contributed by atoms with Crippen molar-refractivity contribution in [1.82, 2.24) is 20.7 Å². The lowest BCUT2D eigenvalue weighted by Gasteiger charge is -2.09. The van der Waals surface area contributed by atoms with Crippen LogP contribution in [-0.4, -0.2) is 21.3 Å². The Balaban J connectivity index is 1.71. The molecule has 0 atom stereocenters. The zero-order chi connectivity index (χ0) is 16.4. The third kappa shape index (κ3) is 3.31. The summed E-state index contributed by atoms with van der Waals surface area (Å²) in [4.78, 5) is 12.1. The van der Waals surface area contributed by atoms with Crippen molar-refractivity contribution in [3.05, 3.63) is 59.2 Å². The summed E-state index contributed by atoms with van der Waals surface area (Å²) in [6.07, 6.45) is -4.40. The van der Waals surface area contributed by atoms with Crippen LogP contribution in [-0.2, 0) is 12.7 Å². The summed E-state index contributed by atoms with van der Waals surface area (Å²) in [5.74, 6) is -0.396. The molecule has 0 unspecified atom stereocenters. The van der Waals surface area contributed by atoms with E-state index in [1.807, 2.05) is 0 Å². The van der Waals surface area contributed by atoms with Crippen molar-refractivity contribution in [2.75, 3.05) is 0 Å². The molecule has 0 bridgehead atoms. The van der Waals surface area contributed by atoms with E-state index in [9.17, 15) is 18.0 Å². The maximum atomic E-state index is 12.6. The molecule has 0 saturated heterocycles. The summed E-state index contributed by atoms with van der Waals surface area (Å²) >= 11 is 0. The lowest BCUT2D eigenvalue weighted by Crippen LogP contribution is -2.23. The van der Waals surface area contributed by atoms with Gasteiger partial charge < -0.3 is 5.32 Å². The molecule has 2 N–H and O–H groups in total. The number of alkyl halides is 3. The minimum atomic E-state index is -4.40. The predicted octanol–water partition coefficient (Wildman–Crippen LogP) is 2.91. The number of halogens is 3. The summed E-state index contributed by atoms with van der Waals surface area (Å²) in [6, 6.07) is 9.61. The van der Waals surface area contributed by atoms with E-state index in [-0.39, 0.29) is 6.54 Å². The molecule has 0 aliphatic heterocycles. The molecule has 5 nitrogen and oxygen atoms in total. The number of carbonyl (C=O) groups is 1. The van der Waals surface area contributed by atoms with E-state index < -0.39 is 17.6 Å². The standard InChI is InChI=1S/C15H11F3N4O/c16-15(17,18)11-3-1-2-9(6-11)8-19-14(23)10-4-5-12-13(7-10)21-22-20-12/h1-7H,8H2,(H,19,23)(H,20,21,22). The Morgan fingerprint density at radius 1 is 1.09 bits per heavy atom. The third-order valence-corrected chi connectivity index (χ3v) is 3.29. The summed E-state index contributed by atoms with van der Waals surface area (Å²) in [7, 11) is 0. The number of aromatic amines is 1. The van der Waals surface area contributed by atoms with E-state index in [1.54, 1.807) is 18.2 Å². The molecule has 3 rings (SSSR count). The number of nitrogens with zero attached hydrogens (tertiary/aromatic N) is 2. The van der Waals surface area contributed by atoms with E-state index in [0.29, 0.717) is 22.2 Å². The van der Waals surface area contributed by atoms with Gasteiger partial charge in [0.05, 0.1) is 5.56 Å². The number of carbonyl (C=O) groups excluding carboxylic acids is 1. The van der Waals surface area contributed by atoms with Gasteiger partial charge in [-0.15, -0.1) is 0 Å². The van der Waals surface area contributed by atoms with Crippen LogP contribution in [0.15, 0.2) is 42.5 Å². The van der Waals surface area contributed by atoms with Gasteiger partial charge >= 0.3 is 6.18 Å². The van der Waals surface area contributed by atoms with Crippen molar-refractivity contribution in [1.29, 1.82) is 0 Å². The van der Waals surface area contributed by atoms with Crippen LogP contribution in [0.5, 0.6) is 0 Å². The highest BCUT2D eigenvalue weighted by molar-refractivity contribution is 5.97. The number of rotatable bonds is 3. The molecule has 1 amide bonds. The minimum Gasteiger partial charge on any atom is -0.348 e. The molecule has 0 spiro atoms. The second kappa shape index (κ2) is 5.71. The topological polar surface area (TPSA) is 70.7 Å². The number of nitrogens with one attached hydrogen (secondary N) is 2. The van der Waals surface area contributed by atoms with Crippen LogP contribution in [0.4, 0.5) is 13.2 Å². The fourth-order valence-corrected chi connectivity index (χ4v) is 2.12. The average molecular weight is 320 g/mol. The zero-order valence-electron chi connectivity index (χ0n) is 11.7. The molecule has 0 fully saturated rings. The van der Waals surface area contributed by atoms with Gasteiger partial charge in [0, 0.05) is 12.1 Å². The van der Waals surface area contributed by atoms with Crippen LogP contribution >= 0.6 is 0 Å². The molecule has 3 aromatic rings. The zero-order valence-corrected chi connectivity index (χ0v) is 11.7. The molecule has 118 valence electrons. The Kier molecular flexibility index (Phi) is 3.73. The molecule has 0 aliphatic rings. The summed E-state index contributed by atoms with van der Waals surface area (Å²) in [5, 5.41) is 12.8. The first-order valence-electron chi connectivity index (χ1n) is 6.68. The van der Waals surface area contributed by atoms with Crippen molar-refractivity contribution in [3.8, 4) is 0 Å². The third-order valence-electron chi connectivity index (χ3n) is 3.29. The Morgan fingerprint density at radius 3 is 2.65 bits per heavy atom. The van der Waals surface area contributed by atoms with Gasteiger partial charge in [-0.05, 0) is 35.9 Å². The molecule has 2 aromatic carbocycles. The van der Waals surface area contributed by atoms with E-state index in [4.69, 9.17) is 0 Å². The van der Waals surface area contributed by atoms with Gasteiger partial charge in [0.1, 0.15) is 11.0 Å². The minimum absolute atomic E-state index is 0.000391. The molecular weight excluding hydrogens is 309 g/mol. The Hall–Kier alpha value is -2.90. The molecule has 0 radical (unpaired) electrons. The number of hydrogen-bond acceptors (Lipinski definition) is 3. The number of benzene rings is 2. The van der Waals surface area contributed by atoms with E-state index in [1.165, 1.54) is 12.1 Å². The highest BCUT2D eigenvalue weighted by atomic mass is 19.4. The summed E-state index contributed by atoms with van der Waals surface area (Å²) in [5.41, 5.74) is 1.15. The van der Waals surface area contributed by atoms with E-state index >= 15 is 0 Å². The average Bonchev–Trinajstić information content (AvgIpc) is 2.99. The first-order chi connectivity index (χ1) is 10.9. The summed E-state index contributed by atoms with van der Waals surface area (Å²) < 4.78 is 37.9. The van der Waals surface area contributed by atoms with Crippen molar-refractivity contribution < 1.29 is 18.0 Å². The fourth-order valence-electron chi connectivity index (χ4n) is 2.12. The monoisotopic (exact) mass is 320 g/mol. The van der Waals surface area contributed by atoms with E-state index in [2.05, 4.69) is 20.7 Å². The van der Waals surface area contributed by atoms with Crippen molar-refractivity contribution >= 4 is 16.9 Å². The van der Waals surface area contributed by atoms with Crippen molar-refractivity contribution in [2.45, 2.75) is 12.7 Å². The largest absolute Gasteiger partial charge is 0.416 e. The molecule has 1 heterocycles. The van der Waals surface area contributed by atoms with Crippen LogP contribution in [0.1, 0.15) is 21.5 Å². The van der Waals surface area contributed by atoms with Gasteiger partial charge in [-0.3, -0.25) is 4.79 Å². The number of amides is 1. The Morgan fingerprint density at radius 2 is 1.87 bits per heavy atom. The number of fused-ring (bicyclic) bond motifs is 1. The van der Waals surface area contributed by atoms with Gasteiger partial charge in [-0.2, -0.15) is 28.6 Å². The highest BCUT2D eigenvalue weighted by Gasteiger charge is 2.30. The van der Waals surface area contributed by atoms with Gasteiger partial charge in [-0.25, -0.2) is 0 Å². The first-order valence-corrected chi connectivity index (χ1v) is 6.68. The van der Waals surface area contributed by atoms with Crippen molar-refractivity contribution in [2.24, 2.45) is 0 Å².